The molecule has 0 saturated heterocycles. The molecule has 0 radical (unpaired) electrons. The molecule has 1 heterocycles. The molecule has 1 N–H and O–H groups in total. The maximum atomic E-state index is 3.47. The molecule has 92 valence electrons. The summed E-state index contributed by atoms with van der Waals surface area (Å²) in [6.45, 7) is 4.64. The Labute approximate surface area is 104 Å². The molecule has 0 amide bonds. The highest BCUT2D eigenvalue weighted by atomic mass is 32.1. The third-order valence-corrected chi connectivity index (χ3v) is 4.26. The zero-order valence-electron chi connectivity index (χ0n) is 10.8. The summed E-state index contributed by atoms with van der Waals surface area (Å²) in [6, 6.07) is 5.09. The summed E-state index contributed by atoms with van der Waals surface area (Å²) >= 11 is 1.88. The molecule has 0 aliphatic heterocycles. The van der Waals surface area contributed by atoms with E-state index in [-0.39, 0.29) is 0 Å². The van der Waals surface area contributed by atoms with Crippen molar-refractivity contribution in [2.24, 2.45) is 5.92 Å². The van der Waals surface area contributed by atoms with E-state index in [4.69, 9.17) is 0 Å². The fourth-order valence-corrected chi connectivity index (χ4v) is 3.07. The number of hydrogen-bond acceptors (Lipinski definition) is 2. The van der Waals surface area contributed by atoms with E-state index in [0.717, 1.165) is 5.92 Å². The van der Waals surface area contributed by atoms with Crippen LogP contribution in [0.1, 0.15) is 44.4 Å². The van der Waals surface area contributed by atoms with Crippen LogP contribution in [0.2, 0.25) is 0 Å². The van der Waals surface area contributed by atoms with Gasteiger partial charge in [0.1, 0.15) is 0 Å². The van der Waals surface area contributed by atoms with Gasteiger partial charge in [0.15, 0.2) is 0 Å². The quantitative estimate of drug-likeness (QED) is 0.720. The van der Waals surface area contributed by atoms with Gasteiger partial charge in [0.05, 0.1) is 0 Å². The average molecular weight is 239 g/mol. The van der Waals surface area contributed by atoms with E-state index in [2.05, 4.69) is 43.7 Å². The van der Waals surface area contributed by atoms with Crippen LogP contribution in [0.3, 0.4) is 0 Å². The second kappa shape index (κ2) is 7.86. The van der Waals surface area contributed by atoms with Gasteiger partial charge in [-0.05, 0) is 50.1 Å². The third kappa shape index (κ3) is 4.67. The molecular weight excluding hydrogens is 214 g/mol. The summed E-state index contributed by atoms with van der Waals surface area (Å²) in [5, 5.41) is 5.64. The van der Waals surface area contributed by atoms with Crippen molar-refractivity contribution in [2.75, 3.05) is 7.05 Å². The monoisotopic (exact) mass is 239 g/mol. The molecule has 1 nitrogen and oxygen atoms in total. The molecule has 16 heavy (non-hydrogen) atoms. The molecule has 0 spiro atoms. The van der Waals surface area contributed by atoms with Gasteiger partial charge in [-0.3, -0.25) is 0 Å². The lowest BCUT2D eigenvalue weighted by Gasteiger charge is -2.23. The van der Waals surface area contributed by atoms with E-state index in [0.29, 0.717) is 6.04 Å². The van der Waals surface area contributed by atoms with Crippen LogP contribution in [0, 0.1) is 5.92 Å². The number of aryl methyl sites for hydroxylation is 1. The second-order valence-electron chi connectivity index (χ2n) is 4.63. The first-order chi connectivity index (χ1) is 7.77. The van der Waals surface area contributed by atoms with Crippen molar-refractivity contribution in [3.8, 4) is 0 Å². The van der Waals surface area contributed by atoms with E-state index in [1.807, 2.05) is 11.3 Å². The van der Waals surface area contributed by atoms with E-state index < -0.39 is 0 Å². The van der Waals surface area contributed by atoms with Crippen molar-refractivity contribution < 1.29 is 0 Å². The highest BCUT2D eigenvalue weighted by Gasteiger charge is 2.13. The molecule has 2 unspecified atom stereocenters. The fourth-order valence-electron chi connectivity index (χ4n) is 2.32. The molecule has 0 bridgehead atoms. The fraction of sp³-hybridized carbons (Fsp3) is 0.714. The normalized spacial score (nSPS) is 14.9. The van der Waals surface area contributed by atoms with Gasteiger partial charge in [-0.1, -0.05) is 26.3 Å². The predicted octanol–water partition coefficient (Wildman–Crippen LogP) is 4.10. The smallest absolute Gasteiger partial charge is 0.00898 e. The Hall–Kier alpha value is -0.340. The molecular formula is C14H25NS. The summed E-state index contributed by atoms with van der Waals surface area (Å²) in [4.78, 5) is 1.53. The lowest BCUT2D eigenvalue weighted by atomic mass is 9.93. The molecule has 2 atom stereocenters. The lowest BCUT2D eigenvalue weighted by Crippen LogP contribution is -2.32. The van der Waals surface area contributed by atoms with Gasteiger partial charge in [-0.25, -0.2) is 0 Å². The molecule has 2 heteroatoms. The van der Waals surface area contributed by atoms with E-state index in [1.54, 1.807) is 0 Å². The summed E-state index contributed by atoms with van der Waals surface area (Å²) in [5.74, 6) is 0.804. The van der Waals surface area contributed by atoms with Crippen LogP contribution in [0.5, 0.6) is 0 Å². The average Bonchev–Trinajstić information content (AvgIpc) is 2.77. The van der Waals surface area contributed by atoms with Crippen molar-refractivity contribution in [1.29, 1.82) is 0 Å². The third-order valence-electron chi connectivity index (χ3n) is 3.32. The van der Waals surface area contributed by atoms with Crippen molar-refractivity contribution in [1.82, 2.24) is 5.32 Å². The molecule has 0 aliphatic carbocycles. The molecule has 0 aliphatic rings. The minimum atomic E-state index is 0.694. The lowest BCUT2D eigenvalue weighted by molar-refractivity contribution is 0.349. The van der Waals surface area contributed by atoms with E-state index >= 15 is 0 Å². The van der Waals surface area contributed by atoms with Crippen molar-refractivity contribution in [2.45, 2.75) is 52.0 Å². The summed E-state index contributed by atoms with van der Waals surface area (Å²) < 4.78 is 0. The van der Waals surface area contributed by atoms with Crippen LogP contribution in [0.4, 0.5) is 0 Å². The van der Waals surface area contributed by atoms with Gasteiger partial charge in [0.2, 0.25) is 0 Å². The number of thiophene rings is 1. The van der Waals surface area contributed by atoms with Crippen molar-refractivity contribution in [3.63, 3.8) is 0 Å². The number of nitrogens with one attached hydrogen (secondary N) is 1. The summed E-state index contributed by atoms with van der Waals surface area (Å²) in [6.07, 6.45) is 6.49. The van der Waals surface area contributed by atoms with Crippen LogP contribution in [0.25, 0.3) is 0 Å². The molecule has 1 aromatic rings. The minimum absolute atomic E-state index is 0.694. The number of rotatable bonds is 8. The highest BCUT2D eigenvalue weighted by Crippen LogP contribution is 2.17. The van der Waals surface area contributed by atoms with Crippen LogP contribution in [0.15, 0.2) is 17.5 Å². The number of hydrogen-bond donors (Lipinski definition) is 1. The largest absolute Gasteiger partial charge is 0.317 e. The van der Waals surface area contributed by atoms with Gasteiger partial charge in [0.25, 0.3) is 0 Å². The van der Waals surface area contributed by atoms with Crippen molar-refractivity contribution >= 4 is 11.3 Å². The second-order valence-corrected chi connectivity index (χ2v) is 5.66. The Bertz CT molecular complexity index is 256. The minimum Gasteiger partial charge on any atom is -0.317 e. The van der Waals surface area contributed by atoms with Gasteiger partial charge in [0, 0.05) is 10.9 Å². The van der Waals surface area contributed by atoms with Gasteiger partial charge >= 0.3 is 0 Å². The van der Waals surface area contributed by atoms with Crippen LogP contribution >= 0.6 is 11.3 Å². The van der Waals surface area contributed by atoms with Gasteiger partial charge < -0.3 is 5.32 Å². The standard InChI is InChI=1S/C14H25NS/c1-4-7-12(2)14(15-3)10-5-8-13-9-6-11-16-13/h6,9,11-12,14-15H,4-5,7-8,10H2,1-3H3. The van der Waals surface area contributed by atoms with Crippen molar-refractivity contribution in [3.05, 3.63) is 22.4 Å². The molecule has 0 fully saturated rings. The highest BCUT2D eigenvalue weighted by molar-refractivity contribution is 7.09. The Kier molecular flexibility index (Phi) is 6.74. The molecule has 1 aromatic heterocycles. The zero-order valence-corrected chi connectivity index (χ0v) is 11.6. The van der Waals surface area contributed by atoms with E-state index in [1.165, 1.54) is 37.0 Å². The molecule has 1 rings (SSSR count). The van der Waals surface area contributed by atoms with Crippen LogP contribution < -0.4 is 5.32 Å². The first-order valence-corrected chi connectivity index (χ1v) is 7.35. The molecule has 0 saturated carbocycles. The first kappa shape index (κ1) is 13.7. The Morgan fingerprint density at radius 2 is 2.19 bits per heavy atom. The zero-order chi connectivity index (χ0) is 11.8. The maximum Gasteiger partial charge on any atom is 0.00898 e. The van der Waals surface area contributed by atoms with Gasteiger partial charge in [-0.2, -0.15) is 0 Å². The molecule has 0 aromatic carbocycles. The maximum absolute atomic E-state index is 3.47. The van der Waals surface area contributed by atoms with E-state index in [9.17, 15) is 0 Å². The van der Waals surface area contributed by atoms with Crippen LogP contribution in [-0.4, -0.2) is 13.1 Å². The first-order valence-electron chi connectivity index (χ1n) is 6.47. The summed E-state index contributed by atoms with van der Waals surface area (Å²) in [5.41, 5.74) is 0. The Morgan fingerprint density at radius 1 is 1.38 bits per heavy atom. The topological polar surface area (TPSA) is 12.0 Å². The van der Waals surface area contributed by atoms with Crippen LogP contribution in [-0.2, 0) is 6.42 Å². The Balaban J connectivity index is 2.23. The predicted molar refractivity (Wildman–Crippen MR) is 74.2 cm³/mol. The SMILES string of the molecule is CCCC(C)C(CCCc1cccs1)NC. The van der Waals surface area contributed by atoms with Gasteiger partial charge in [-0.15, -0.1) is 11.3 Å². The summed E-state index contributed by atoms with van der Waals surface area (Å²) in [7, 11) is 2.10. The Morgan fingerprint density at radius 3 is 2.75 bits per heavy atom.